The lowest BCUT2D eigenvalue weighted by Gasteiger charge is -2.39. The van der Waals surface area contributed by atoms with Gasteiger partial charge in [-0.25, -0.2) is 0 Å². The van der Waals surface area contributed by atoms with E-state index in [0.29, 0.717) is 11.5 Å². The largest absolute Gasteiger partial charge is 0.504 e. The van der Waals surface area contributed by atoms with Gasteiger partial charge in [-0.15, -0.1) is 0 Å². The van der Waals surface area contributed by atoms with Crippen LogP contribution in [0, 0.1) is 5.92 Å². The zero-order valence-electron chi connectivity index (χ0n) is 15.2. The summed E-state index contributed by atoms with van der Waals surface area (Å²) in [7, 11) is -2.59. The highest BCUT2D eigenvalue weighted by molar-refractivity contribution is 6.62. The molecule has 4 heteroatoms. The van der Waals surface area contributed by atoms with Crippen LogP contribution in [0.2, 0.25) is 5.54 Å². The average molecular weight is 319 g/mol. The van der Waals surface area contributed by atoms with Gasteiger partial charge in [0.1, 0.15) is 0 Å². The Morgan fingerprint density at radius 3 is 1.24 bits per heavy atom. The topological polar surface area (TPSA) is 27.7 Å². The molecule has 128 valence electrons. The van der Waals surface area contributed by atoms with Crippen molar-refractivity contribution >= 4 is 8.80 Å². The zero-order valence-corrected chi connectivity index (χ0v) is 16.2. The van der Waals surface area contributed by atoms with E-state index < -0.39 is 8.80 Å². The first-order chi connectivity index (χ1) is 10.2. The lowest BCUT2D eigenvalue weighted by atomic mass is 9.97. The average Bonchev–Trinajstić information content (AvgIpc) is 2.52. The van der Waals surface area contributed by atoms with Crippen molar-refractivity contribution in [3.63, 3.8) is 0 Å². The lowest BCUT2D eigenvalue weighted by molar-refractivity contribution is 0.0411. The summed E-state index contributed by atoms with van der Waals surface area (Å²) < 4.78 is 18.9. The molecule has 0 heterocycles. The van der Waals surface area contributed by atoms with Crippen LogP contribution in [0.3, 0.4) is 0 Å². The Morgan fingerprint density at radius 2 is 1.00 bits per heavy atom. The van der Waals surface area contributed by atoms with E-state index in [4.69, 9.17) is 13.3 Å². The summed E-state index contributed by atoms with van der Waals surface area (Å²) in [6.07, 6.45) is 6.46. The molecule has 0 aromatic rings. The molecule has 0 fully saturated rings. The molecule has 1 atom stereocenters. The molecule has 0 rings (SSSR count). The Morgan fingerprint density at radius 1 is 0.619 bits per heavy atom. The first-order valence-electron chi connectivity index (χ1n) is 9.07. The minimum atomic E-state index is -2.59. The molecule has 0 N–H and O–H groups in total. The van der Waals surface area contributed by atoms with E-state index in [-0.39, 0.29) is 0 Å². The van der Waals surface area contributed by atoms with Crippen LogP contribution in [0.1, 0.15) is 80.1 Å². The maximum absolute atomic E-state index is 6.32. The summed E-state index contributed by atoms with van der Waals surface area (Å²) in [6, 6.07) is 0. The second-order valence-corrected chi connectivity index (χ2v) is 8.55. The first kappa shape index (κ1) is 21.1. The molecule has 0 aliphatic carbocycles. The maximum atomic E-state index is 6.32. The minimum Gasteiger partial charge on any atom is -0.373 e. The summed E-state index contributed by atoms with van der Waals surface area (Å²) in [5.74, 6) is 0.632. The van der Waals surface area contributed by atoms with Gasteiger partial charge in [0.25, 0.3) is 0 Å². The highest BCUT2D eigenvalue weighted by Crippen LogP contribution is 2.39. The summed E-state index contributed by atoms with van der Waals surface area (Å²) >= 11 is 0. The molecule has 1 unspecified atom stereocenters. The van der Waals surface area contributed by atoms with Gasteiger partial charge in [0.05, 0.1) is 0 Å². The van der Waals surface area contributed by atoms with Crippen molar-refractivity contribution < 1.29 is 13.3 Å². The van der Waals surface area contributed by atoms with Gasteiger partial charge in [-0.3, -0.25) is 0 Å². The molecule has 0 aromatic carbocycles. The second-order valence-electron chi connectivity index (χ2n) is 5.74. The van der Waals surface area contributed by atoms with E-state index >= 15 is 0 Å². The van der Waals surface area contributed by atoms with Crippen LogP contribution in [-0.2, 0) is 13.3 Å². The monoisotopic (exact) mass is 318 g/mol. The van der Waals surface area contributed by atoms with Gasteiger partial charge < -0.3 is 13.3 Å². The van der Waals surface area contributed by atoms with Crippen molar-refractivity contribution in [2.45, 2.75) is 85.6 Å². The SMILES string of the molecule is CCCO[Si](OCCC)(OCCC)C(CC)C(CC)CC. The van der Waals surface area contributed by atoms with Gasteiger partial charge in [0.15, 0.2) is 0 Å². The number of hydrogen-bond donors (Lipinski definition) is 0. The quantitative estimate of drug-likeness (QED) is 0.400. The van der Waals surface area contributed by atoms with Crippen molar-refractivity contribution in [1.29, 1.82) is 0 Å². The smallest absolute Gasteiger partial charge is 0.373 e. The van der Waals surface area contributed by atoms with E-state index in [2.05, 4.69) is 41.5 Å². The van der Waals surface area contributed by atoms with Crippen molar-refractivity contribution in [1.82, 2.24) is 0 Å². The zero-order chi connectivity index (χ0) is 16.1. The fraction of sp³-hybridized carbons (Fsp3) is 1.00. The molecule has 21 heavy (non-hydrogen) atoms. The first-order valence-corrected chi connectivity index (χ1v) is 10.9. The van der Waals surface area contributed by atoms with Crippen molar-refractivity contribution in [2.24, 2.45) is 5.92 Å². The van der Waals surface area contributed by atoms with Crippen LogP contribution in [0.15, 0.2) is 0 Å². The van der Waals surface area contributed by atoms with Gasteiger partial charge in [0, 0.05) is 25.4 Å². The van der Waals surface area contributed by atoms with Gasteiger partial charge in [0.2, 0.25) is 0 Å². The van der Waals surface area contributed by atoms with Crippen LogP contribution in [0.4, 0.5) is 0 Å². The van der Waals surface area contributed by atoms with E-state index in [1.165, 1.54) is 12.8 Å². The lowest BCUT2D eigenvalue weighted by Crippen LogP contribution is -2.52. The highest BCUT2D eigenvalue weighted by Gasteiger charge is 2.50. The fourth-order valence-electron chi connectivity index (χ4n) is 2.91. The minimum absolute atomic E-state index is 0.428. The van der Waals surface area contributed by atoms with Gasteiger partial charge in [-0.1, -0.05) is 54.4 Å². The van der Waals surface area contributed by atoms with E-state index in [1.54, 1.807) is 0 Å². The van der Waals surface area contributed by atoms with Crippen molar-refractivity contribution in [3.8, 4) is 0 Å². The number of rotatable bonds is 14. The maximum Gasteiger partial charge on any atom is 0.504 e. The van der Waals surface area contributed by atoms with E-state index in [1.807, 2.05) is 0 Å². The Hall–Kier alpha value is 0.0969. The molecule has 0 bridgehead atoms. The molecule has 0 aliphatic rings. The summed E-state index contributed by atoms with van der Waals surface area (Å²) in [5, 5.41) is 0. The normalized spacial score (nSPS) is 13.9. The Balaban J connectivity index is 5.30. The molecule has 0 saturated carbocycles. The highest BCUT2D eigenvalue weighted by atomic mass is 28.4. The van der Waals surface area contributed by atoms with Gasteiger partial charge in [-0.2, -0.15) is 0 Å². The summed E-state index contributed by atoms with van der Waals surface area (Å²) in [5.41, 5.74) is 0.428. The summed E-state index contributed by atoms with van der Waals surface area (Å²) in [4.78, 5) is 0. The molecule has 0 radical (unpaired) electrons. The predicted octanol–water partition coefficient (Wildman–Crippen LogP) is 5.42. The molecule has 0 saturated heterocycles. The Bertz CT molecular complexity index is 210. The molecule has 0 aliphatic heterocycles. The Labute approximate surface area is 134 Å². The molecule has 0 spiro atoms. The van der Waals surface area contributed by atoms with Crippen LogP contribution in [0.5, 0.6) is 0 Å². The van der Waals surface area contributed by atoms with Crippen LogP contribution >= 0.6 is 0 Å². The third-order valence-corrected chi connectivity index (χ3v) is 7.64. The van der Waals surface area contributed by atoms with Gasteiger partial charge >= 0.3 is 8.80 Å². The fourth-order valence-corrected chi connectivity index (χ4v) is 6.82. The van der Waals surface area contributed by atoms with Crippen LogP contribution in [0.25, 0.3) is 0 Å². The molecule has 3 nitrogen and oxygen atoms in total. The standard InChI is InChI=1S/C17H38O3Si/c1-7-13-18-21(19-14-8-2,20-15-9-3)17(12-6)16(10-4)11-5/h16-17H,7-15H2,1-6H3. The van der Waals surface area contributed by atoms with Crippen molar-refractivity contribution in [3.05, 3.63) is 0 Å². The van der Waals surface area contributed by atoms with Crippen molar-refractivity contribution in [2.75, 3.05) is 19.8 Å². The molecule has 0 amide bonds. The summed E-state index contributed by atoms with van der Waals surface area (Å²) in [6.45, 7) is 15.5. The van der Waals surface area contributed by atoms with Gasteiger partial charge in [-0.05, 0) is 31.6 Å². The third-order valence-electron chi connectivity index (χ3n) is 4.03. The second kappa shape index (κ2) is 12.6. The number of hydrogen-bond acceptors (Lipinski definition) is 3. The molecule has 0 aromatic heterocycles. The Kier molecular flexibility index (Phi) is 12.7. The predicted molar refractivity (Wildman–Crippen MR) is 92.6 cm³/mol. The van der Waals surface area contributed by atoms with E-state index in [9.17, 15) is 0 Å². The molecular weight excluding hydrogens is 280 g/mol. The third kappa shape index (κ3) is 6.81. The van der Waals surface area contributed by atoms with Crippen LogP contribution in [-0.4, -0.2) is 28.6 Å². The van der Waals surface area contributed by atoms with Crippen LogP contribution < -0.4 is 0 Å². The molecular formula is C17H38O3Si. The van der Waals surface area contributed by atoms with E-state index in [0.717, 1.165) is 45.5 Å².